The highest BCUT2D eigenvalue weighted by Gasteiger charge is 2.79. The first-order chi connectivity index (χ1) is 14.1. The Hall–Kier alpha value is -2.57. The van der Waals surface area contributed by atoms with Crippen molar-refractivity contribution in [2.24, 2.45) is 23.7 Å². The number of carbonyl (C=O) groups is 1. The SMILES string of the molecule is COc1ccc(C23OC4C(O)C5CC4C2C5C(=O)N3c2ccccc2OC)cc1. The number of aliphatic hydroxyl groups excluding tert-OH is 1. The fourth-order valence-corrected chi connectivity index (χ4v) is 6.49. The number of aliphatic hydroxyl groups is 1. The van der Waals surface area contributed by atoms with Crippen LogP contribution in [0.4, 0.5) is 5.69 Å². The Kier molecular flexibility index (Phi) is 3.42. The molecule has 6 heteroatoms. The fraction of sp³-hybridized carbons (Fsp3) is 0.435. The van der Waals surface area contributed by atoms with E-state index in [0.29, 0.717) is 11.4 Å². The summed E-state index contributed by atoms with van der Waals surface area (Å²) in [6, 6.07) is 15.3. The third-order valence-corrected chi connectivity index (χ3v) is 7.49. The first-order valence-corrected chi connectivity index (χ1v) is 10.1. The Morgan fingerprint density at radius 1 is 1.07 bits per heavy atom. The van der Waals surface area contributed by atoms with Crippen LogP contribution in [0.2, 0.25) is 0 Å². The molecule has 1 N–H and O–H groups in total. The number of amides is 1. The summed E-state index contributed by atoms with van der Waals surface area (Å²) in [4.78, 5) is 15.6. The molecule has 150 valence electrons. The molecule has 7 unspecified atom stereocenters. The first-order valence-electron chi connectivity index (χ1n) is 10.1. The topological polar surface area (TPSA) is 68.2 Å². The number of hydrogen-bond donors (Lipinski definition) is 1. The summed E-state index contributed by atoms with van der Waals surface area (Å²) in [5.74, 6) is 1.33. The fourth-order valence-electron chi connectivity index (χ4n) is 6.49. The summed E-state index contributed by atoms with van der Waals surface area (Å²) in [5.41, 5.74) is 0.677. The van der Waals surface area contributed by atoms with Gasteiger partial charge in [0, 0.05) is 11.5 Å². The molecule has 2 heterocycles. The maximum Gasteiger partial charge on any atom is 0.233 e. The number of hydrogen-bond acceptors (Lipinski definition) is 5. The van der Waals surface area contributed by atoms with Crippen molar-refractivity contribution >= 4 is 11.6 Å². The van der Waals surface area contributed by atoms with Crippen LogP contribution >= 0.6 is 0 Å². The number of para-hydroxylation sites is 2. The van der Waals surface area contributed by atoms with Crippen LogP contribution in [0.15, 0.2) is 48.5 Å². The third kappa shape index (κ3) is 1.91. The highest BCUT2D eigenvalue weighted by Crippen LogP contribution is 2.71. The van der Waals surface area contributed by atoms with Gasteiger partial charge in [0.05, 0.1) is 38.0 Å². The van der Waals surface area contributed by atoms with Gasteiger partial charge in [0.15, 0.2) is 5.72 Å². The van der Waals surface area contributed by atoms with E-state index in [-0.39, 0.29) is 35.7 Å². The standard InChI is InChI=1S/C23H23NO5/c1-27-13-9-7-12(8-10-13)23-19-15-11-14(20(25)21(15)29-23)18(19)22(26)24(23)16-5-3-4-6-17(16)28-2/h3-10,14-15,18-21,25H,11H2,1-2H3. The van der Waals surface area contributed by atoms with E-state index in [9.17, 15) is 9.90 Å². The van der Waals surface area contributed by atoms with Crippen LogP contribution in [-0.4, -0.2) is 37.4 Å². The molecule has 29 heavy (non-hydrogen) atoms. The smallest absolute Gasteiger partial charge is 0.233 e. The molecule has 6 rings (SSSR count). The van der Waals surface area contributed by atoms with Crippen LogP contribution in [0.1, 0.15) is 12.0 Å². The molecule has 2 aromatic rings. The van der Waals surface area contributed by atoms with Gasteiger partial charge < -0.3 is 19.3 Å². The predicted molar refractivity (Wildman–Crippen MR) is 105 cm³/mol. The van der Waals surface area contributed by atoms with E-state index in [4.69, 9.17) is 14.2 Å². The van der Waals surface area contributed by atoms with Crippen molar-refractivity contribution in [3.8, 4) is 11.5 Å². The van der Waals surface area contributed by atoms with Gasteiger partial charge in [-0.25, -0.2) is 0 Å². The van der Waals surface area contributed by atoms with E-state index in [2.05, 4.69) is 0 Å². The molecule has 0 radical (unpaired) electrons. The van der Waals surface area contributed by atoms with Crippen molar-refractivity contribution in [2.45, 2.75) is 24.4 Å². The number of fused-ring (bicyclic) bond motifs is 2. The van der Waals surface area contributed by atoms with Gasteiger partial charge in [-0.05, 0) is 42.5 Å². The highest BCUT2D eigenvalue weighted by molar-refractivity contribution is 6.02. The Balaban J connectivity index is 1.59. The molecule has 2 saturated carbocycles. The van der Waals surface area contributed by atoms with Gasteiger partial charge in [-0.1, -0.05) is 24.3 Å². The lowest BCUT2D eigenvalue weighted by Gasteiger charge is -2.39. The Morgan fingerprint density at radius 2 is 1.83 bits per heavy atom. The maximum atomic E-state index is 13.8. The van der Waals surface area contributed by atoms with E-state index in [1.54, 1.807) is 19.1 Å². The van der Waals surface area contributed by atoms with Crippen molar-refractivity contribution in [1.29, 1.82) is 0 Å². The number of nitrogens with zero attached hydrogens (tertiary/aromatic N) is 1. The molecule has 6 nitrogen and oxygen atoms in total. The molecule has 0 aromatic heterocycles. The molecular formula is C23H23NO5. The minimum Gasteiger partial charge on any atom is -0.497 e. The summed E-state index contributed by atoms with van der Waals surface area (Å²) in [6.07, 6.45) is 0.0312. The molecule has 1 amide bonds. The van der Waals surface area contributed by atoms with Crippen LogP contribution < -0.4 is 14.4 Å². The van der Waals surface area contributed by atoms with E-state index in [1.165, 1.54) is 0 Å². The van der Waals surface area contributed by atoms with Gasteiger partial charge in [0.1, 0.15) is 11.5 Å². The number of benzene rings is 2. The van der Waals surface area contributed by atoms with Gasteiger partial charge in [0.25, 0.3) is 0 Å². The maximum absolute atomic E-state index is 13.8. The normalized spacial score (nSPS) is 38.7. The molecule has 2 bridgehead atoms. The van der Waals surface area contributed by atoms with Crippen LogP contribution in [0.5, 0.6) is 11.5 Å². The second-order valence-corrected chi connectivity index (χ2v) is 8.46. The highest BCUT2D eigenvalue weighted by atomic mass is 16.6. The van der Waals surface area contributed by atoms with Gasteiger partial charge in [-0.15, -0.1) is 0 Å². The van der Waals surface area contributed by atoms with Crippen molar-refractivity contribution in [1.82, 2.24) is 0 Å². The van der Waals surface area contributed by atoms with E-state index < -0.39 is 11.8 Å². The van der Waals surface area contributed by atoms with Crippen LogP contribution in [-0.2, 0) is 15.3 Å². The minimum absolute atomic E-state index is 0.0139. The molecule has 2 saturated heterocycles. The molecule has 4 aliphatic rings. The average molecular weight is 393 g/mol. The summed E-state index contributed by atoms with van der Waals surface area (Å²) in [6.45, 7) is 0. The molecule has 4 fully saturated rings. The van der Waals surface area contributed by atoms with E-state index >= 15 is 0 Å². The monoisotopic (exact) mass is 393 g/mol. The predicted octanol–water partition coefficient (Wildman–Crippen LogP) is 2.55. The Bertz CT molecular complexity index is 991. The third-order valence-electron chi connectivity index (χ3n) is 7.49. The van der Waals surface area contributed by atoms with Crippen molar-refractivity contribution in [3.05, 3.63) is 54.1 Å². The number of rotatable bonds is 4. The molecule has 0 spiro atoms. The molecule has 2 aliphatic carbocycles. The van der Waals surface area contributed by atoms with Crippen LogP contribution in [0, 0.1) is 23.7 Å². The minimum atomic E-state index is -0.940. The Morgan fingerprint density at radius 3 is 2.55 bits per heavy atom. The van der Waals surface area contributed by atoms with Crippen molar-refractivity contribution < 1.29 is 24.1 Å². The zero-order chi connectivity index (χ0) is 19.9. The lowest BCUT2D eigenvalue weighted by atomic mass is 9.75. The molecule has 2 aromatic carbocycles. The van der Waals surface area contributed by atoms with Gasteiger partial charge in [-0.3, -0.25) is 9.69 Å². The van der Waals surface area contributed by atoms with E-state index in [0.717, 1.165) is 17.7 Å². The zero-order valence-electron chi connectivity index (χ0n) is 16.3. The summed E-state index contributed by atoms with van der Waals surface area (Å²) in [5, 5.41) is 10.8. The molecule has 7 atom stereocenters. The Labute approximate surface area is 169 Å². The number of ether oxygens (including phenoxy) is 3. The summed E-state index contributed by atoms with van der Waals surface area (Å²) < 4.78 is 17.6. The average Bonchev–Trinajstić information content (AvgIpc) is 3.43. The van der Waals surface area contributed by atoms with Gasteiger partial charge >= 0.3 is 0 Å². The van der Waals surface area contributed by atoms with Crippen molar-refractivity contribution in [2.75, 3.05) is 19.1 Å². The van der Waals surface area contributed by atoms with Crippen LogP contribution in [0.25, 0.3) is 0 Å². The molecular weight excluding hydrogens is 370 g/mol. The van der Waals surface area contributed by atoms with Gasteiger partial charge in [-0.2, -0.15) is 0 Å². The van der Waals surface area contributed by atoms with Gasteiger partial charge in [0.2, 0.25) is 5.91 Å². The summed E-state index contributed by atoms with van der Waals surface area (Å²) in [7, 11) is 3.24. The quantitative estimate of drug-likeness (QED) is 0.865. The van der Waals surface area contributed by atoms with Crippen LogP contribution in [0.3, 0.4) is 0 Å². The lowest BCUT2D eigenvalue weighted by Crippen LogP contribution is -2.49. The molecule has 2 aliphatic heterocycles. The van der Waals surface area contributed by atoms with E-state index in [1.807, 2.05) is 48.5 Å². The second-order valence-electron chi connectivity index (χ2n) is 8.46. The number of anilines is 1. The summed E-state index contributed by atoms with van der Waals surface area (Å²) >= 11 is 0. The zero-order valence-corrected chi connectivity index (χ0v) is 16.3. The largest absolute Gasteiger partial charge is 0.497 e. The lowest BCUT2D eigenvalue weighted by molar-refractivity contribution is -0.133. The second kappa shape index (κ2) is 5.74. The first kappa shape index (κ1) is 17.3. The number of carbonyl (C=O) groups excluding carboxylic acids is 1. The van der Waals surface area contributed by atoms with Crippen molar-refractivity contribution in [3.63, 3.8) is 0 Å². The number of methoxy groups -OCH3 is 2.